The van der Waals surface area contributed by atoms with Gasteiger partial charge in [-0.1, -0.05) is 35.0 Å². The fourth-order valence-electron chi connectivity index (χ4n) is 2.10. The molecule has 0 unspecified atom stereocenters. The maximum Gasteiger partial charge on any atom is 0.308 e. The largest absolute Gasteiger partial charge is 0.427 e. The molecule has 0 amide bonds. The van der Waals surface area contributed by atoms with Crippen LogP contribution in [0.1, 0.15) is 12.5 Å². The van der Waals surface area contributed by atoms with Gasteiger partial charge in [0.15, 0.2) is 0 Å². The number of rotatable bonds is 3. The molecular formula is C17H14N2O3. The maximum atomic E-state index is 11.0. The molecule has 0 saturated carbocycles. The van der Waals surface area contributed by atoms with Crippen molar-refractivity contribution in [1.29, 1.82) is 0 Å². The first-order valence-electron chi connectivity index (χ1n) is 6.81. The highest BCUT2D eigenvalue weighted by molar-refractivity contribution is 5.70. The molecule has 0 aliphatic carbocycles. The number of nitrogens with zero attached hydrogens (tertiary/aromatic N) is 2. The lowest BCUT2D eigenvalue weighted by atomic mass is 10.1. The SMILES string of the molecule is CC(=O)Oc1cccc(-c2nc(-c3cccc(C)c3)no2)c1. The van der Waals surface area contributed by atoms with E-state index in [1.807, 2.05) is 37.3 Å². The molecule has 1 heterocycles. The van der Waals surface area contributed by atoms with Crippen molar-refractivity contribution in [1.82, 2.24) is 10.1 Å². The molecule has 0 aliphatic heterocycles. The average Bonchev–Trinajstić information content (AvgIpc) is 2.97. The van der Waals surface area contributed by atoms with Gasteiger partial charge in [-0.25, -0.2) is 0 Å². The Hall–Kier alpha value is -2.95. The highest BCUT2D eigenvalue weighted by Crippen LogP contribution is 2.25. The summed E-state index contributed by atoms with van der Waals surface area (Å²) in [7, 11) is 0. The monoisotopic (exact) mass is 294 g/mol. The van der Waals surface area contributed by atoms with Gasteiger partial charge in [0, 0.05) is 18.1 Å². The summed E-state index contributed by atoms with van der Waals surface area (Å²) in [6.45, 7) is 3.36. The molecule has 0 radical (unpaired) electrons. The van der Waals surface area contributed by atoms with Crippen LogP contribution in [0.3, 0.4) is 0 Å². The van der Waals surface area contributed by atoms with Crippen LogP contribution in [0.15, 0.2) is 53.1 Å². The second kappa shape index (κ2) is 5.81. The fourth-order valence-corrected chi connectivity index (χ4v) is 2.10. The molecule has 3 aromatic rings. The fraction of sp³-hybridized carbons (Fsp3) is 0.118. The summed E-state index contributed by atoms with van der Waals surface area (Å²) in [5, 5.41) is 4.00. The Bertz CT molecular complexity index is 824. The molecule has 0 N–H and O–H groups in total. The summed E-state index contributed by atoms with van der Waals surface area (Å²) < 4.78 is 10.4. The number of esters is 1. The van der Waals surface area contributed by atoms with Crippen molar-refractivity contribution in [3.63, 3.8) is 0 Å². The number of hydrogen-bond acceptors (Lipinski definition) is 5. The maximum absolute atomic E-state index is 11.0. The van der Waals surface area contributed by atoms with Crippen LogP contribution in [0.25, 0.3) is 22.8 Å². The first-order chi connectivity index (χ1) is 10.6. The normalized spacial score (nSPS) is 10.5. The van der Waals surface area contributed by atoms with E-state index >= 15 is 0 Å². The van der Waals surface area contributed by atoms with Crippen LogP contribution in [-0.4, -0.2) is 16.1 Å². The second-order valence-electron chi connectivity index (χ2n) is 4.91. The third-order valence-electron chi connectivity index (χ3n) is 3.04. The summed E-state index contributed by atoms with van der Waals surface area (Å²) in [4.78, 5) is 15.4. The zero-order valence-electron chi connectivity index (χ0n) is 12.2. The molecule has 1 aromatic heterocycles. The predicted molar refractivity (Wildman–Crippen MR) is 81.2 cm³/mol. The van der Waals surface area contributed by atoms with Gasteiger partial charge in [0.25, 0.3) is 5.89 Å². The topological polar surface area (TPSA) is 65.2 Å². The molecule has 0 fully saturated rings. The van der Waals surface area contributed by atoms with Crippen molar-refractivity contribution in [3.05, 3.63) is 54.1 Å². The summed E-state index contributed by atoms with van der Waals surface area (Å²) in [5.74, 6) is 0.977. The number of carbonyl (C=O) groups is 1. The van der Waals surface area contributed by atoms with Gasteiger partial charge >= 0.3 is 5.97 Å². The Labute approximate surface area is 127 Å². The van der Waals surface area contributed by atoms with Gasteiger partial charge in [-0.15, -0.1) is 0 Å². The second-order valence-corrected chi connectivity index (χ2v) is 4.91. The van der Waals surface area contributed by atoms with Gasteiger partial charge in [0.05, 0.1) is 0 Å². The van der Waals surface area contributed by atoms with Crippen LogP contribution < -0.4 is 4.74 Å². The molecule has 2 aromatic carbocycles. The molecular weight excluding hydrogens is 280 g/mol. The highest BCUT2D eigenvalue weighted by atomic mass is 16.5. The Balaban J connectivity index is 1.92. The minimum Gasteiger partial charge on any atom is -0.427 e. The minimum absolute atomic E-state index is 0.372. The number of carbonyl (C=O) groups excluding carboxylic acids is 1. The van der Waals surface area contributed by atoms with Crippen LogP contribution in [0, 0.1) is 6.92 Å². The number of aryl methyl sites for hydroxylation is 1. The minimum atomic E-state index is -0.372. The van der Waals surface area contributed by atoms with Gasteiger partial charge in [0.1, 0.15) is 5.75 Å². The van der Waals surface area contributed by atoms with Gasteiger partial charge in [0.2, 0.25) is 5.82 Å². The average molecular weight is 294 g/mol. The lowest BCUT2D eigenvalue weighted by Gasteiger charge is -2.01. The Morgan fingerprint density at radius 3 is 2.64 bits per heavy atom. The van der Waals surface area contributed by atoms with Crippen molar-refractivity contribution in [2.24, 2.45) is 0 Å². The quantitative estimate of drug-likeness (QED) is 0.545. The van der Waals surface area contributed by atoms with E-state index in [1.165, 1.54) is 6.92 Å². The molecule has 22 heavy (non-hydrogen) atoms. The van der Waals surface area contributed by atoms with E-state index in [1.54, 1.807) is 18.2 Å². The molecule has 3 rings (SSSR count). The van der Waals surface area contributed by atoms with Crippen LogP contribution in [0.4, 0.5) is 0 Å². The number of aromatic nitrogens is 2. The van der Waals surface area contributed by atoms with Gasteiger partial charge in [-0.2, -0.15) is 4.98 Å². The van der Waals surface area contributed by atoms with Crippen molar-refractivity contribution in [2.75, 3.05) is 0 Å². The Kier molecular flexibility index (Phi) is 3.70. The number of benzene rings is 2. The van der Waals surface area contributed by atoms with E-state index in [0.29, 0.717) is 23.0 Å². The van der Waals surface area contributed by atoms with E-state index in [4.69, 9.17) is 9.26 Å². The molecule has 0 saturated heterocycles. The van der Waals surface area contributed by atoms with Crippen LogP contribution in [0.5, 0.6) is 5.75 Å². The van der Waals surface area contributed by atoms with E-state index < -0.39 is 0 Å². The third-order valence-corrected chi connectivity index (χ3v) is 3.04. The first-order valence-corrected chi connectivity index (χ1v) is 6.81. The van der Waals surface area contributed by atoms with E-state index in [2.05, 4.69) is 10.1 Å². The summed E-state index contributed by atoms with van der Waals surface area (Å²) >= 11 is 0. The molecule has 0 spiro atoms. The smallest absolute Gasteiger partial charge is 0.308 e. The lowest BCUT2D eigenvalue weighted by molar-refractivity contribution is -0.131. The predicted octanol–water partition coefficient (Wildman–Crippen LogP) is 3.64. The zero-order valence-corrected chi connectivity index (χ0v) is 12.2. The van der Waals surface area contributed by atoms with Gasteiger partial charge < -0.3 is 9.26 Å². The molecule has 0 bridgehead atoms. The molecule has 0 atom stereocenters. The summed E-state index contributed by atoms with van der Waals surface area (Å²) in [6, 6.07) is 14.8. The molecule has 5 nitrogen and oxygen atoms in total. The lowest BCUT2D eigenvalue weighted by Crippen LogP contribution is -2.01. The zero-order chi connectivity index (χ0) is 15.5. The van der Waals surface area contributed by atoms with Crippen molar-refractivity contribution < 1.29 is 14.1 Å². The Morgan fingerprint density at radius 1 is 1.09 bits per heavy atom. The van der Waals surface area contributed by atoms with Gasteiger partial charge in [-0.3, -0.25) is 4.79 Å². The van der Waals surface area contributed by atoms with Gasteiger partial charge in [-0.05, 0) is 31.2 Å². The first kappa shape index (κ1) is 14.0. The van der Waals surface area contributed by atoms with E-state index in [0.717, 1.165) is 11.1 Å². The van der Waals surface area contributed by atoms with Crippen LogP contribution >= 0.6 is 0 Å². The third kappa shape index (κ3) is 3.03. The van der Waals surface area contributed by atoms with Crippen LogP contribution in [-0.2, 0) is 4.79 Å². The van der Waals surface area contributed by atoms with Crippen LogP contribution in [0.2, 0.25) is 0 Å². The van der Waals surface area contributed by atoms with Crippen molar-refractivity contribution in [3.8, 4) is 28.6 Å². The standard InChI is InChI=1S/C17H14N2O3/c1-11-5-3-6-13(9-11)16-18-17(22-19-16)14-7-4-8-15(10-14)21-12(2)20/h3-10H,1-2H3. The Morgan fingerprint density at radius 2 is 1.86 bits per heavy atom. The molecule has 0 aliphatic rings. The van der Waals surface area contributed by atoms with E-state index in [-0.39, 0.29) is 5.97 Å². The summed E-state index contributed by atoms with van der Waals surface area (Å²) in [6.07, 6.45) is 0. The summed E-state index contributed by atoms with van der Waals surface area (Å²) in [5.41, 5.74) is 2.72. The molecule has 110 valence electrons. The highest BCUT2D eigenvalue weighted by Gasteiger charge is 2.11. The number of ether oxygens (including phenoxy) is 1. The van der Waals surface area contributed by atoms with E-state index in [9.17, 15) is 4.79 Å². The van der Waals surface area contributed by atoms with Crippen molar-refractivity contribution >= 4 is 5.97 Å². The molecule has 5 heteroatoms. The number of hydrogen-bond donors (Lipinski definition) is 0. The van der Waals surface area contributed by atoms with Crippen molar-refractivity contribution in [2.45, 2.75) is 13.8 Å².